The van der Waals surface area contributed by atoms with Gasteiger partial charge in [-0.2, -0.15) is 0 Å². The highest BCUT2D eigenvalue weighted by atomic mass is 32.2. The third kappa shape index (κ3) is 3.95. The molecule has 0 aromatic heterocycles. The van der Waals surface area contributed by atoms with Crippen LogP contribution in [-0.2, 0) is 19.6 Å². The number of benzene rings is 1. The number of halogens is 1. The molecular weight excluding hydrogens is 405 g/mol. The van der Waals surface area contributed by atoms with E-state index < -0.39 is 45.7 Å². The first-order chi connectivity index (χ1) is 13.3. The normalized spacial score (nSPS) is 25.0. The fraction of sp³-hybridized carbons (Fsp3) is 0.500. The maximum atomic E-state index is 13.5. The summed E-state index contributed by atoms with van der Waals surface area (Å²) >= 11 is 0. The number of aliphatic hydroxyl groups is 2. The Morgan fingerprint density at radius 2 is 1.83 bits per heavy atom. The van der Waals surface area contributed by atoms with Crippen LogP contribution >= 0.6 is 0 Å². The lowest BCUT2D eigenvalue weighted by Gasteiger charge is -2.41. The highest BCUT2D eigenvalue weighted by Gasteiger charge is 2.56. The third-order valence-electron chi connectivity index (χ3n) is 4.73. The van der Waals surface area contributed by atoms with E-state index in [1.807, 2.05) is 0 Å². The van der Waals surface area contributed by atoms with Crippen LogP contribution in [0, 0.1) is 17.2 Å². The van der Waals surface area contributed by atoms with E-state index in [0.717, 1.165) is 32.5 Å². The number of esters is 1. The van der Waals surface area contributed by atoms with Crippen molar-refractivity contribution in [2.45, 2.75) is 19.8 Å². The van der Waals surface area contributed by atoms with Crippen molar-refractivity contribution in [3.8, 4) is 0 Å². The molecule has 1 heterocycles. The van der Waals surface area contributed by atoms with Crippen LogP contribution in [0.2, 0.25) is 0 Å². The fourth-order valence-electron chi connectivity index (χ4n) is 3.15. The van der Waals surface area contributed by atoms with Gasteiger partial charge in [-0.1, -0.05) is 26.0 Å². The lowest BCUT2D eigenvalue weighted by atomic mass is 9.71. The van der Waals surface area contributed by atoms with Gasteiger partial charge in [0.1, 0.15) is 5.82 Å². The summed E-state index contributed by atoms with van der Waals surface area (Å²) in [4.78, 5) is 20.9. The fourth-order valence-corrected chi connectivity index (χ4v) is 3.68. The Morgan fingerprint density at radius 3 is 2.24 bits per heavy atom. The summed E-state index contributed by atoms with van der Waals surface area (Å²) in [6.45, 7) is 2.49. The summed E-state index contributed by atoms with van der Waals surface area (Å²) in [5.41, 5.74) is -1.95. The smallest absolute Gasteiger partial charge is 0.333 e. The maximum Gasteiger partial charge on any atom is 0.333 e. The van der Waals surface area contributed by atoms with Gasteiger partial charge in [-0.25, -0.2) is 22.8 Å². The lowest BCUT2D eigenvalue weighted by Crippen LogP contribution is -2.59. The highest BCUT2D eigenvalue weighted by Crippen LogP contribution is 2.38. The van der Waals surface area contributed by atoms with Crippen LogP contribution in [0.3, 0.4) is 0 Å². The predicted molar refractivity (Wildman–Crippen MR) is 104 cm³/mol. The molecule has 1 aliphatic rings. The summed E-state index contributed by atoms with van der Waals surface area (Å²) < 4.78 is 43.0. The summed E-state index contributed by atoms with van der Waals surface area (Å²) in [6, 6.07) is 4.81. The van der Waals surface area contributed by atoms with Crippen LogP contribution in [0.1, 0.15) is 19.4 Å². The molecule has 0 spiro atoms. The van der Waals surface area contributed by atoms with E-state index in [9.17, 15) is 27.8 Å². The first-order valence-electron chi connectivity index (χ1n) is 8.65. The molecule has 9 nitrogen and oxygen atoms in total. The molecule has 0 amide bonds. The molecule has 2 unspecified atom stereocenters. The number of aliphatic imine (C=N–C) groups is 2. The van der Waals surface area contributed by atoms with Crippen molar-refractivity contribution in [1.82, 2.24) is 4.31 Å². The zero-order valence-corrected chi connectivity index (χ0v) is 17.6. The van der Waals surface area contributed by atoms with Crippen LogP contribution in [0.5, 0.6) is 0 Å². The number of carbonyl (C=O) groups excluding carboxylic acids is 1. The van der Waals surface area contributed by atoms with Crippen molar-refractivity contribution >= 4 is 27.4 Å². The molecule has 1 aromatic rings. The molecule has 29 heavy (non-hydrogen) atoms. The molecule has 160 valence electrons. The third-order valence-corrected chi connectivity index (χ3v) is 5.97. The van der Waals surface area contributed by atoms with Gasteiger partial charge in [-0.05, 0) is 23.6 Å². The van der Waals surface area contributed by atoms with Crippen LogP contribution < -0.4 is 0 Å². The Bertz CT molecular complexity index is 960. The number of hydrogen-bond acceptors (Lipinski definition) is 8. The average Bonchev–Trinajstić information content (AvgIpc) is 2.66. The first kappa shape index (κ1) is 23.1. The number of rotatable bonds is 6. The minimum Gasteiger partial charge on any atom is -0.468 e. The topological polar surface area (TPSA) is 129 Å². The number of nitrogens with zero attached hydrogens (tertiary/aromatic N) is 3. The molecule has 0 aliphatic carbocycles. The first-order valence-corrected chi connectivity index (χ1v) is 10.5. The lowest BCUT2D eigenvalue weighted by molar-refractivity contribution is -0.147. The largest absolute Gasteiger partial charge is 0.468 e. The van der Waals surface area contributed by atoms with Gasteiger partial charge < -0.3 is 14.9 Å². The van der Waals surface area contributed by atoms with Gasteiger partial charge in [-0.3, -0.25) is 4.79 Å². The van der Waals surface area contributed by atoms with Crippen molar-refractivity contribution in [1.29, 1.82) is 0 Å². The van der Waals surface area contributed by atoms with E-state index in [1.54, 1.807) is 13.8 Å². The van der Waals surface area contributed by atoms with Gasteiger partial charge in [-0.15, -0.1) is 4.31 Å². The van der Waals surface area contributed by atoms with Crippen molar-refractivity contribution in [3.63, 3.8) is 0 Å². The quantitative estimate of drug-likeness (QED) is 0.497. The van der Waals surface area contributed by atoms with Gasteiger partial charge in [0.2, 0.25) is 10.0 Å². The number of aliphatic hydroxyl groups excluding tert-OH is 1. The molecule has 1 aliphatic heterocycles. The number of hydrogen-bond donors (Lipinski definition) is 2. The van der Waals surface area contributed by atoms with E-state index in [2.05, 4.69) is 9.98 Å². The molecule has 2 N–H and O–H groups in total. The van der Waals surface area contributed by atoms with Gasteiger partial charge in [0.15, 0.2) is 5.41 Å². The zero-order chi connectivity index (χ0) is 22.2. The number of carbonyl (C=O) groups is 1. The van der Waals surface area contributed by atoms with E-state index in [1.165, 1.54) is 12.1 Å². The van der Waals surface area contributed by atoms with Crippen LogP contribution in [-0.4, -0.2) is 73.3 Å². The highest BCUT2D eigenvalue weighted by molar-refractivity contribution is 7.88. The molecule has 11 heteroatoms. The Hall–Kier alpha value is -2.21. The van der Waals surface area contributed by atoms with Crippen molar-refractivity contribution < 1.29 is 32.6 Å². The SMILES string of the molecule is COC(=O)C1(CO)C(c2ccc(F)cc2)=NC(O)(N(C)S(C)(=O)=O)N=C1C(C)C. The summed E-state index contributed by atoms with van der Waals surface area (Å²) in [5.74, 6) is -4.59. The van der Waals surface area contributed by atoms with E-state index in [4.69, 9.17) is 4.74 Å². The number of ether oxygens (including phenoxy) is 1. The minimum absolute atomic E-state index is 0.0285. The molecule has 0 saturated heterocycles. The predicted octanol–water partition coefficient (Wildman–Crippen LogP) is 0.372. The number of methoxy groups -OCH3 is 1. The Kier molecular flexibility index (Phi) is 6.29. The van der Waals surface area contributed by atoms with E-state index >= 15 is 0 Å². The van der Waals surface area contributed by atoms with Gasteiger partial charge in [0.25, 0.3) is 0 Å². The summed E-state index contributed by atoms with van der Waals surface area (Å²) in [5, 5.41) is 21.3. The summed E-state index contributed by atoms with van der Waals surface area (Å²) in [6.07, 6.45) is 0.858. The van der Waals surface area contributed by atoms with E-state index in [-0.39, 0.29) is 17.0 Å². The van der Waals surface area contributed by atoms with Crippen LogP contribution in [0.25, 0.3) is 0 Å². The molecule has 0 fully saturated rings. The molecule has 2 rings (SSSR count). The molecule has 0 bridgehead atoms. The second-order valence-electron chi connectivity index (χ2n) is 7.00. The van der Waals surface area contributed by atoms with Crippen molar-refractivity contribution in [2.75, 3.05) is 27.0 Å². The Labute approximate surface area is 168 Å². The summed E-state index contributed by atoms with van der Waals surface area (Å²) in [7, 11) is -1.77. The van der Waals surface area contributed by atoms with Crippen LogP contribution in [0.15, 0.2) is 34.3 Å². The average molecular weight is 429 g/mol. The molecule has 2 atom stereocenters. The standard InChI is InChI=1S/C18H24FN3O6S/c1-11(2)14-17(10-23,16(24)28-4)15(12-6-8-13(19)9-7-12)21-18(25,20-14)22(3)29(5,26)27/h6-9,11,23,25H,10H2,1-5H3. The molecule has 0 saturated carbocycles. The van der Waals surface area contributed by atoms with E-state index in [0.29, 0.717) is 4.31 Å². The maximum absolute atomic E-state index is 13.5. The Balaban J connectivity index is 2.93. The second-order valence-corrected chi connectivity index (χ2v) is 9.02. The van der Waals surface area contributed by atoms with Crippen molar-refractivity contribution in [3.05, 3.63) is 35.6 Å². The molecular formula is C18H24FN3O6S. The van der Waals surface area contributed by atoms with Crippen LogP contribution in [0.4, 0.5) is 4.39 Å². The molecule has 0 radical (unpaired) electrons. The van der Waals surface area contributed by atoms with Gasteiger partial charge >= 0.3 is 11.9 Å². The second kappa shape index (κ2) is 7.90. The van der Waals surface area contributed by atoms with Gasteiger partial charge in [0, 0.05) is 12.8 Å². The minimum atomic E-state index is -3.96. The monoisotopic (exact) mass is 429 g/mol. The Morgan fingerprint density at radius 1 is 1.28 bits per heavy atom. The molecule has 1 aromatic carbocycles. The number of sulfonamides is 1. The zero-order valence-electron chi connectivity index (χ0n) is 16.7. The van der Waals surface area contributed by atoms with Crippen molar-refractivity contribution in [2.24, 2.45) is 21.3 Å². The van der Waals surface area contributed by atoms with Gasteiger partial charge in [0.05, 0.1) is 25.7 Å².